The molecule has 4 rings (SSSR count). The normalized spacial score (nSPS) is 15.3. The predicted molar refractivity (Wildman–Crippen MR) is 133 cm³/mol. The number of methoxy groups -OCH3 is 1. The fourth-order valence-corrected chi connectivity index (χ4v) is 4.23. The number of carbonyl (C=O) groups is 3. The zero-order valence-electron chi connectivity index (χ0n) is 19.5. The summed E-state index contributed by atoms with van der Waals surface area (Å²) in [5.41, 5.74) is 2.74. The van der Waals surface area contributed by atoms with E-state index in [2.05, 4.69) is 5.32 Å². The number of benzene rings is 3. The Labute approximate surface area is 203 Å². The van der Waals surface area contributed by atoms with E-state index in [1.54, 1.807) is 48.5 Å². The van der Waals surface area contributed by atoms with Crippen LogP contribution in [0.3, 0.4) is 0 Å². The van der Waals surface area contributed by atoms with Gasteiger partial charge in [-0.25, -0.2) is 0 Å². The third-order valence-corrected chi connectivity index (χ3v) is 5.87. The van der Waals surface area contributed by atoms with E-state index in [0.29, 0.717) is 29.1 Å². The van der Waals surface area contributed by atoms with Crippen molar-refractivity contribution < 1.29 is 24.2 Å². The van der Waals surface area contributed by atoms with E-state index in [-0.39, 0.29) is 23.7 Å². The summed E-state index contributed by atoms with van der Waals surface area (Å²) >= 11 is 0. The lowest BCUT2D eigenvalue weighted by molar-refractivity contribution is -0.118. The molecule has 35 heavy (non-hydrogen) atoms. The van der Waals surface area contributed by atoms with Crippen LogP contribution in [0.1, 0.15) is 30.5 Å². The maximum atomic E-state index is 13.4. The van der Waals surface area contributed by atoms with Gasteiger partial charge in [-0.1, -0.05) is 42.5 Å². The van der Waals surface area contributed by atoms with E-state index >= 15 is 0 Å². The Morgan fingerprint density at radius 2 is 1.71 bits per heavy atom. The Bertz CT molecular complexity index is 1280. The third kappa shape index (κ3) is 5.09. The zero-order chi connectivity index (χ0) is 24.9. The summed E-state index contributed by atoms with van der Waals surface area (Å²) in [4.78, 5) is 39.4. The van der Waals surface area contributed by atoms with Gasteiger partial charge in [-0.3, -0.25) is 19.3 Å². The highest BCUT2D eigenvalue weighted by Crippen LogP contribution is 2.42. The fourth-order valence-electron chi connectivity index (χ4n) is 4.23. The number of aryl methyl sites for hydroxylation is 1. The Kier molecular flexibility index (Phi) is 6.96. The predicted octanol–water partition coefficient (Wildman–Crippen LogP) is 4.76. The second-order valence-corrected chi connectivity index (χ2v) is 8.25. The zero-order valence-corrected chi connectivity index (χ0v) is 19.5. The molecule has 0 bridgehead atoms. The van der Waals surface area contributed by atoms with Crippen molar-refractivity contribution >= 4 is 29.0 Å². The molecule has 1 unspecified atom stereocenters. The van der Waals surface area contributed by atoms with Crippen molar-refractivity contribution in [2.24, 2.45) is 0 Å². The van der Waals surface area contributed by atoms with E-state index < -0.39 is 17.7 Å². The van der Waals surface area contributed by atoms with Gasteiger partial charge in [-0.15, -0.1) is 0 Å². The summed E-state index contributed by atoms with van der Waals surface area (Å²) in [5, 5.41) is 13.6. The van der Waals surface area contributed by atoms with Gasteiger partial charge in [-0.2, -0.15) is 0 Å². The molecule has 1 aliphatic rings. The molecule has 0 spiro atoms. The van der Waals surface area contributed by atoms with E-state index in [9.17, 15) is 19.5 Å². The van der Waals surface area contributed by atoms with Crippen molar-refractivity contribution in [3.63, 3.8) is 0 Å². The first-order valence-corrected chi connectivity index (χ1v) is 11.2. The van der Waals surface area contributed by atoms with E-state index in [1.807, 2.05) is 30.3 Å². The Morgan fingerprint density at radius 1 is 1.00 bits per heavy atom. The number of carbonyl (C=O) groups excluding carboxylic acids is 3. The Hall–Kier alpha value is -4.39. The summed E-state index contributed by atoms with van der Waals surface area (Å²) in [5.74, 6) is -1.16. The van der Waals surface area contributed by atoms with E-state index in [1.165, 1.54) is 18.9 Å². The SMILES string of the molecule is COc1cccc(C2C(C(=O)CCc3ccccc3)=C(O)C(=O)N2c2ccc(NC(C)=O)cc2)c1. The lowest BCUT2D eigenvalue weighted by Gasteiger charge is -2.27. The van der Waals surface area contributed by atoms with Crippen LogP contribution in [-0.2, 0) is 20.8 Å². The van der Waals surface area contributed by atoms with Crippen molar-refractivity contribution in [1.82, 2.24) is 0 Å². The molecule has 0 saturated carbocycles. The van der Waals surface area contributed by atoms with Crippen LogP contribution in [0.15, 0.2) is 90.2 Å². The van der Waals surface area contributed by atoms with Gasteiger partial charge in [0, 0.05) is 24.7 Å². The van der Waals surface area contributed by atoms with Crippen LogP contribution >= 0.6 is 0 Å². The number of amides is 2. The number of Topliss-reactive ketones (excluding diaryl/α,β-unsaturated/α-hetero) is 1. The maximum Gasteiger partial charge on any atom is 0.294 e. The lowest BCUT2D eigenvalue weighted by Crippen LogP contribution is -2.31. The standard InChI is InChI=1S/C28H26N2O5/c1-18(31)29-21-12-14-22(15-13-21)30-26(20-9-6-10-23(17-20)35-2)25(27(33)28(30)34)24(32)16-11-19-7-4-3-5-8-19/h3-10,12-15,17,26,33H,11,16H2,1-2H3,(H,29,31). The lowest BCUT2D eigenvalue weighted by atomic mass is 9.93. The first-order valence-electron chi connectivity index (χ1n) is 11.2. The number of ether oxygens (including phenoxy) is 1. The third-order valence-electron chi connectivity index (χ3n) is 5.87. The minimum atomic E-state index is -0.826. The van der Waals surface area contributed by atoms with Crippen LogP contribution < -0.4 is 15.0 Å². The Morgan fingerprint density at radius 3 is 2.37 bits per heavy atom. The van der Waals surface area contributed by atoms with Gasteiger partial charge in [0.05, 0.1) is 18.7 Å². The van der Waals surface area contributed by atoms with Gasteiger partial charge in [0.15, 0.2) is 11.5 Å². The molecule has 0 radical (unpaired) electrons. The molecule has 3 aromatic carbocycles. The van der Waals surface area contributed by atoms with E-state index in [0.717, 1.165) is 5.56 Å². The molecule has 0 fully saturated rings. The largest absolute Gasteiger partial charge is 0.503 e. The quantitative estimate of drug-likeness (QED) is 0.495. The molecule has 1 atom stereocenters. The smallest absolute Gasteiger partial charge is 0.294 e. The van der Waals surface area contributed by atoms with Gasteiger partial charge >= 0.3 is 0 Å². The highest BCUT2D eigenvalue weighted by atomic mass is 16.5. The van der Waals surface area contributed by atoms with Gasteiger partial charge in [0.1, 0.15) is 5.75 Å². The van der Waals surface area contributed by atoms with Crippen molar-refractivity contribution in [2.75, 3.05) is 17.3 Å². The number of nitrogens with one attached hydrogen (secondary N) is 1. The first kappa shape index (κ1) is 23.8. The molecule has 2 N–H and O–H groups in total. The van der Waals surface area contributed by atoms with Crippen LogP contribution in [-0.4, -0.2) is 29.8 Å². The number of anilines is 2. The highest BCUT2D eigenvalue weighted by Gasteiger charge is 2.44. The minimum absolute atomic E-state index is 0.0603. The van der Waals surface area contributed by atoms with Gasteiger partial charge in [-0.05, 0) is 53.9 Å². The van der Waals surface area contributed by atoms with Crippen LogP contribution in [0.4, 0.5) is 11.4 Å². The molecule has 0 aromatic heterocycles. The van der Waals surface area contributed by atoms with Crippen molar-refractivity contribution in [1.29, 1.82) is 0 Å². The summed E-state index contributed by atoms with van der Waals surface area (Å²) < 4.78 is 5.36. The summed E-state index contributed by atoms with van der Waals surface area (Å²) in [6, 6.07) is 22.5. The first-order chi connectivity index (χ1) is 16.9. The average molecular weight is 471 g/mol. The number of hydrogen-bond acceptors (Lipinski definition) is 5. The number of aliphatic hydroxyl groups is 1. The van der Waals surface area contributed by atoms with E-state index in [4.69, 9.17) is 4.74 Å². The number of hydrogen-bond donors (Lipinski definition) is 2. The molecule has 3 aromatic rings. The number of aliphatic hydroxyl groups excluding tert-OH is 1. The van der Waals surface area contributed by atoms with Crippen LogP contribution in [0.25, 0.3) is 0 Å². The molecule has 0 saturated heterocycles. The molecular formula is C28H26N2O5. The summed E-state index contributed by atoms with van der Waals surface area (Å²) in [7, 11) is 1.54. The van der Waals surface area contributed by atoms with Gasteiger partial charge in [0.2, 0.25) is 5.91 Å². The number of rotatable bonds is 8. The highest BCUT2D eigenvalue weighted by molar-refractivity contribution is 6.16. The second kappa shape index (κ2) is 10.3. The molecular weight excluding hydrogens is 444 g/mol. The number of nitrogens with zero attached hydrogens (tertiary/aromatic N) is 1. The van der Waals surface area contributed by atoms with Crippen LogP contribution in [0, 0.1) is 0 Å². The van der Waals surface area contributed by atoms with Crippen LogP contribution in [0.5, 0.6) is 5.75 Å². The van der Waals surface area contributed by atoms with Crippen LogP contribution in [0.2, 0.25) is 0 Å². The van der Waals surface area contributed by atoms with Gasteiger partial charge < -0.3 is 15.2 Å². The summed E-state index contributed by atoms with van der Waals surface area (Å²) in [6.07, 6.45) is 0.632. The number of ketones is 1. The second-order valence-electron chi connectivity index (χ2n) is 8.25. The summed E-state index contributed by atoms with van der Waals surface area (Å²) in [6.45, 7) is 1.41. The fraction of sp³-hybridized carbons (Fsp3) is 0.179. The molecule has 7 heteroatoms. The van der Waals surface area contributed by atoms with Gasteiger partial charge in [0.25, 0.3) is 5.91 Å². The van der Waals surface area contributed by atoms with Crippen molar-refractivity contribution in [3.8, 4) is 5.75 Å². The minimum Gasteiger partial charge on any atom is -0.503 e. The molecule has 1 aliphatic heterocycles. The molecule has 7 nitrogen and oxygen atoms in total. The maximum absolute atomic E-state index is 13.4. The monoisotopic (exact) mass is 470 g/mol. The molecule has 178 valence electrons. The van der Waals surface area contributed by atoms with Crippen molar-refractivity contribution in [2.45, 2.75) is 25.8 Å². The van der Waals surface area contributed by atoms with Crippen molar-refractivity contribution in [3.05, 3.63) is 101 Å². The molecule has 0 aliphatic carbocycles. The molecule has 1 heterocycles. The molecule has 2 amide bonds. The topological polar surface area (TPSA) is 95.9 Å². The Balaban J connectivity index is 1.72. The average Bonchev–Trinajstić information content (AvgIpc) is 3.14.